The van der Waals surface area contributed by atoms with E-state index in [2.05, 4.69) is 6.42 Å². The predicted molar refractivity (Wildman–Crippen MR) is 57.9 cm³/mol. The molecule has 15 heavy (non-hydrogen) atoms. The number of hydrogen-bond donors (Lipinski definition) is 0. The van der Waals surface area contributed by atoms with Crippen molar-refractivity contribution in [1.29, 1.82) is 0 Å². The van der Waals surface area contributed by atoms with Gasteiger partial charge in [0.05, 0.1) is 5.25 Å². The van der Waals surface area contributed by atoms with Crippen LogP contribution in [-0.4, -0.2) is 44.3 Å². The first-order valence-corrected chi connectivity index (χ1v) is 7.10. The summed E-state index contributed by atoms with van der Waals surface area (Å²) in [5.41, 5.74) is 0. The highest BCUT2D eigenvalue weighted by Crippen LogP contribution is 2.22. The number of piperidine rings is 1. The van der Waals surface area contributed by atoms with Crippen molar-refractivity contribution in [3.05, 3.63) is 6.42 Å². The smallest absolute Gasteiger partial charge is 0.217 e. The molecule has 0 aromatic rings. The van der Waals surface area contributed by atoms with E-state index in [1.165, 1.54) is 0 Å². The van der Waals surface area contributed by atoms with Crippen molar-refractivity contribution < 1.29 is 13.2 Å². The molecule has 2 rings (SSSR count). The normalized spacial score (nSPS) is 26.7. The van der Waals surface area contributed by atoms with E-state index in [1.807, 2.05) is 0 Å². The molecule has 4 nitrogen and oxygen atoms in total. The lowest BCUT2D eigenvalue weighted by atomic mass is 10.2. The molecule has 1 radical (unpaired) electrons. The maximum absolute atomic E-state index is 12.2. The highest BCUT2D eigenvalue weighted by Gasteiger charge is 2.33. The first-order chi connectivity index (χ1) is 7.21. The van der Waals surface area contributed by atoms with Crippen LogP contribution >= 0.6 is 0 Å². The van der Waals surface area contributed by atoms with Crippen LogP contribution in [0.2, 0.25) is 0 Å². The maximum atomic E-state index is 12.2. The van der Waals surface area contributed by atoms with Gasteiger partial charge in [-0.25, -0.2) is 12.7 Å². The average Bonchev–Trinajstić information content (AvgIpc) is 2.31. The van der Waals surface area contributed by atoms with Crippen LogP contribution in [0.4, 0.5) is 0 Å². The molecule has 5 heteroatoms. The molecule has 0 saturated carbocycles. The zero-order valence-corrected chi connectivity index (χ0v) is 9.71. The molecule has 0 atom stereocenters. The van der Waals surface area contributed by atoms with Gasteiger partial charge in [0.1, 0.15) is 0 Å². The predicted octanol–water partition coefficient (Wildman–Crippen LogP) is 0.795. The Morgan fingerprint density at radius 2 is 1.73 bits per heavy atom. The summed E-state index contributed by atoms with van der Waals surface area (Å²) in [4.78, 5) is 0. The van der Waals surface area contributed by atoms with Gasteiger partial charge in [0.15, 0.2) is 0 Å². The van der Waals surface area contributed by atoms with Gasteiger partial charge in [-0.3, -0.25) is 0 Å². The summed E-state index contributed by atoms with van der Waals surface area (Å²) in [6.45, 7) is 2.51. The van der Waals surface area contributed by atoms with Crippen LogP contribution in [0.5, 0.6) is 0 Å². The Morgan fingerprint density at radius 1 is 1.13 bits per heavy atom. The molecular weight excluding hydrogens is 214 g/mol. The Labute approximate surface area is 91.6 Å². The minimum Gasteiger partial charge on any atom is -0.381 e. The lowest BCUT2D eigenvalue weighted by Gasteiger charge is -2.31. The number of sulfonamides is 1. The zero-order chi connectivity index (χ0) is 10.7. The van der Waals surface area contributed by atoms with Crippen LogP contribution in [0.1, 0.15) is 25.7 Å². The molecule has 0 aromatic heterocycles. The fourth-order valence-electron chi connectivity index (χ4n) is 2.17. The topological polar surface area (TPSA) is 46.6 Å². The van der Waals surface area contributed by atoms with Crippen molar-refractivity contribution in [3.63, 3.8) is 0 Å². The molecule has 2 saturated heterocycles. The Kier molecular flexibility index (Phi) is 3.64. The van der Waals surface area contributed by atoms with E-state index in [1.54, 1.807) is 4.31 Å². The van der Waals surface area contributed by atoms with E-state index >= 15 is 0 Å². The van der Waals surface area contributed by atoms with Gasteiger partial charge in [-0.15, -0.1) is 0 Å². The minimum atomic E-state index is -3.05. The molecule has 0 unspecified atom stereocenters. The summed E-state index contributed by atoms with van der Waals surface area (Å²) in [5.74, 6) is 0. The van der Waals surface area contributed by atoms with Gasteiger partial charge >= 0.3 is 0 Å². The molecule has 2 heterocycles. The number of nitrogens with zero attached hydrogens (tertiary/aromatic N) is 1. The van der Waals surface area contributed by atoms with Crippen LogP contribution in [0.15, 0.2) is 0 Å². The molecule has 0 aromatic carbocycles. The molecule has 2 aliphatic rings. The van der Waals surface area contributed by atoms with E-state index in [0.717, 1.165) is 12.8 Å². The standard InChI is InChI=1S/C10H18NO3S/c12-15(13,10-4-8-14-9-5-10)11-6-2-1-3-7-11/h1,10H,2-9H2. The third kappa shape index (κ3) is 2.52. The summed E-state index contributed by atoms with van der Waals surface area (Å²) < 4.78 is 31.2. The van der Waals surface area contributed by atoms with Crippen LogP contribution in [0.3, 0.4) is 0 Å². The van der Waals surface area contributed by atoms with Gasteiger partial charge in [-0.1, -0.05) is 0 Å². The molecule has 0 bridgehead atoms. The van der Waals surface area contributed by atoms with Gasteiger partial charge in [0.25, 0.3) is 0 Å². The fraction of sp³-hybridized carbons (Fsp3) is 0.900. The van der Waals surface area contributed by atoms with E-state index in [9.17, 15) is 8.42 Å². The lowest BCUT2D eigenvalue weighted by molar-refractivity contribution is 0.0971. The molecule has 2 aliphatic heterocycles. The Morgan fingerprint density at radius 3 is 2.33 bits per heavy atom. The number of hydrogen-bond acceptors (Lipinski definition) is 3. The van der Waals surface area contributed by atoms with Crippen LogP contribution < -0.4 is 0 Å². The third-order valence-corrected chi connectivity index (χ3v) is 5.51. The number of rotatable bonds is 2. The third-order valence-electron chi connectivity index (χ3n) is 3.11. The second kappa shape index (κ2) is 4.80. The Hall–Kier alpha value is -0.130. The highest BCUT2D eigenvalue weighted by atomic mass is 32.2. The SMILES string of the molecule is O=S(=O)(C1CCOCC1)N1CC[CH]CC1. The van der Waals surface area contributed by atoms with E-state index in [0.29, 0.717) is 39.1 Å². The molecule has 87 valence electrons. The monoisotopic (exact) mass is 232 g/mol. The zero-order valence-electron chi connectivity index (χ0n) is 8.89. The van der Waals surface area contributed by atoms with Crippen molar-refractivity contribution in [2.75, 3.05) is 26.3 Å². The van der Waals surface area contributed by atoms with E-state index in [4.69, 9.17) is 4.74 Å². The molecule has 0 amide bonds. The summed E-state index contributed by atoms with van der Waals surface area (Å²) >= 11 is 0. The Balaban J connectivity index is 2.03. The van der Waals surface area contributed by atoms with Crippen LogP contribution in [0.25, 0.3) is 0 Å². The molecule has 2 fully saturated rings. The average molecular weight is 232 g/mol. The van der Waals surface area contributed by atoms with Gasteiger partial charge in [-0.05, 0) is 32.1 Å². The van der Waals surface area contributed by atoms with Crippen molar-refractivity contribution in [2.24, 2.45) is 0 Å². The van der Waals surface area contributed by atoms with Crippen molar-refractivity contribution >= 4 is 10.0 Å². The summed E-state index contributed by atoms with van der Waals surface area (Å²) in [6, 6.07) is 0. The van der Waals surface area contributed by atoms with Crippen molar-refractivity contribution in [1.82, 2.24) is 4.31 Å². The first kappa shape index (κ1) is 11.4. The molecule has 0 N–H and O–H groups in total. The second-order valence-corrected chi connectivity index (χ2v) is 6.33. The van der Waals surface area contributed by atoms with E-state index < -0.39 is 10.0 Å². The van der Waals surface area contributed by atoms with Gasteiger partial charge in [0, 0.05) is 26.3 Å². The molecule has 0 spiro atoms. The summed E-state index contributed by atoms with van der Waals surface area (Å²) in [6.07, 6.45) is 5.26. The van der Waals surface area contributed by atoms with Gasteiger partial charge in [-0.2, -0.15) is 0 Å². The quantitative estimate of drug-likeness (QED) is 0.707. The second-order valence-electron chi connectivity index (χ2n) is 4.12. The largest absolute Gasteiger partial charge is 0.381 e. The molecule has 0 aliphatic carbocycles. The van der Waals surface area contributed by atoms with Gasteiger partial charge in [0.2, 0.25) is 10.0 Å². The van der Waals surface area contributed by atoms with Gasteiger partial charge < -0.3 is 4.74 Å². The summed E-state index contributed by atoms with van der Waals surface area (Å²) in [5, 5.41) is -0.204. The lowest BCUT2D eigenvalue weighted by Crippen LogP contribution is -2.43. The highest BCUT2D eigenvalue weighted by molar-refractivity contribution is 7.89. The van der Waals surface area contributed by atoms with Crippen molar-refractivity contribution in [2.45, 2.75) is 30.9 Å². The Bertz CT molecular complexity index is 266. The van der Waals surface area contributed by atoms with Crippen LogP contribution in [0, 0.1) is 6.42 Å². The van der Waals surface area contributed by atoms with Crippen molar-refractivity contribution in [3.8, 4) is 0 Å². The van der Waals surface area contributed by atoms with E-state index in [-0.39, 0.29) is 5.25 Å². The number of ether oxygens (including phenoxy) is 1. The maximum Gasteiger partial charge on any atom is 0.217 e. The minimum absolute atomic E-state index is 0.204. The summed E-state index contributed by atoms with van der Waals surface area (Å²) in [7, 11) is -3.05. The van der Waals surface area contributed by atoms with Crippen LogP contribution in [-0.2, 0) is 14.8 Å². The first-order valence-electron chi connectivity index (χ1n) is 5.59. The fourth-order valence-corrected chi connectivity index (χ4v) is 4.10. The molecular formula is C10H18NO3S.